The second kappa shape index (κ2) is 8.73. The van der Waals surface area contributed by atoms with E-state index in [9.17, 15) is 9.59 Å². The highest BCUT2D eigenvalue weighted by molar-refractivity contribution is 7.15. The third-order valence-corrected chi connectivity index (χ3v) is 6.19. The van der Waals surface area contributed by atoms with Crippen molar-refractivity contribution in [1.82, 2.24) is 10.2 Å². The number of aryl methyl sites for hydroxylation is 1. The van der Waals surface area contributed by atoms with Crippen molar-refractivity contribution in [2.75, 3.05) is 31.0 Å². The summed E-state index contributed by atoms with van der Waals surface area (Å²) in [6, 6.07) is 12.7. The molecule has 4 rings (SSSR count). The van der Waals surface area contributed by atoms with Gasteiger partial charge in [-0.1, -0.05) is 29.5 Å². The molecule has 31 heavy (non-hydrogen) atoms. The molecule has 9 heteroatoms. The Morgan fingerprint density at radius 1 is 1.13 bits per heavy atom. The van der Waals surface area contributed by atoms with Gasteiger partial charge in [0.15, 0.2) is 11.5 Å². The molecular formula is C22H22N4O4S. The summed E-state index contributed by atoms with van der Waals surface area (Å²) in [6.45, 7) is 2.53. The molecule has 0 unspecified atom stereocenters. The molecule has 1 aliphatic rings. The first kappa shape index (κ1) is 20.8. The van der Waals surface area contributed by atoms with Crippen LogP contribution in [0.1, 0.15) is 33.3 Å². The number of ether oxygens (including phenoxy) is 2. The number of amides is 2. The van der Waals surface area contributed by atoms with Crippen molar-refractivity contribution in [2.45, 2.75) is 19.3 Å². The van der Waals surface area contributed by atoms with Crippen LogP contribution in [-0.4, -0.2) is 42.8 Å². The van der Waals surface area contributed by atoms with Gasteiger partial charge in [-0.25, -0.2) is 0 Å². The molecule has 1 aromatic heterocycles. The normalized spacial score (nSPS) is 15.8. The highest BCUT2D eigenvalue weighted by atomic mass is 32.1. The Bertz CT molecular complexity index is 1130. The Balaban J connectivity index is 1.46. The summed E-state index contributed by atoms with van der Waals surface area (Å²) in [5.41, 5.74) is 2.38. The highest BCUT2D eigenvalue weighted by Crippen LogP contribution is 2.35. The molecule has 0 radical (unpaired) electrons. The van der Waals surface area contributed by atoms with Crippen LogP contribution in [0, 0.1) is 6.92 Å². The minimum atomic E-state index is -0.326. The molecule has 1 atom stereocenters. The van der Waals surface area contributed by atoms with E-state index < -0.39 is 0 Å². The summed E-state index contributed by atoms with van der Waals surface area (Å²) in [6.07, 6.45) is 0.368. The summed E-state index contributed by atoms with van der Waals surface area (Å²) in [7, 11) is 3.05. The third kappa shape index (κ3) is 4.22. The third-order valence-electron chi connectivity index (χ3n) is 5.19. The fraction of sp³-hybridized carbons (Fsp3) is 0.273. The first-order valence-corrected chi connectivity index (χ1v) is 10.5. The number of rotatable bonds is 6. The van der Waals surface area contributed by atoms with E-state index in [4.69, 9.17) is 9.47 Å². The number of carbonyl (C=O) groups excluding carboxylic acids is 2. The number of nitrogens with zero attached hydrogens (tertiary/aromatic N) is 3. The fourth-order valence-electron chi connectivity index (χ4n) is 3.57. The molecule has 8 nitrogen and oxygen atoms in total. The van der Waals surface area contributed by atoms with Gasteiger partial charge in [0.2, 0.25) is 11.0 Å². The van der Waals surface area contributed by atoms with Crippen LogP contribution in [0.4, 0.5) is 10.8 Å². The number of nitrogens with one attached hydrogen (secondary N) is 1. The van der Waals surface area contributed by atoms with Gasteiger partial charge in [0.1, 0.15) is 5.01 Å². The van der Waals surface area contributed by atoms with E-state index in [1.807, 2.05) is 31.2 Å². The maximum absolute atomic E-state index is 12.6. The molecule has 2 aromatic carbocycles. The average molecular weight is 439 g/mol. The molecule has 1 fully saturated rings. The smallest absolute Gasteiger partial charge is 0.257 e. The van der Waals surface area contributed by atoms with Crippen molar-refractivity contribution in [3.63, 3.8) is 0 Å². The number of aromatic nitrogens is 2. The first-order valence-electron chi connectivity index (χ1n) is 9.73. The summed E-state index contributed by atoms with van der Waals surface area (Å²) in [5, 5.41) is 12.2. The zero-order chi connectivity index (χ0) is 22.0. The van der Waals surface area contributed by atoms with Gasteiger partial charge >= 0.3 is 0 Å². The Labute approximate surface area is 183 Å². The van der Waals surface area contributed by atoms with Crippen molar-refractivity contribution >= 4 is 34.0 Å². The predicted octanol–water partition coefficient (Wildman–Crippen LogP) is 3.64. The molecular weight excluding hydrogens is 416 g/mol. The largest absolute Gasteiger partial charge is 0.493 e. The van der Waals surface area contributed by atoms with E-state index in [1.54, 1.807) is 23.1 Å². The molecule has 160 valence electrons. The van der Waals surface area contributed by atoms with Crippen LogP contribution < -0.4 is 19.7 Å². The summed E-state index contributed by atoms with van der Waals surface area (Å²) in [4.78, 5) is 27.0. The summed E-state index contributed by atoms with van der Waals surface area (Å²) in [5.74, 6) is 0.685. The van der Waals surface area contributed by atoms with Crippen LogP contribution >= 0.6 is 11.3 Å². The van der Waals surface area contributed by atoms with Crippen molar-refractivity contribution < 1.29 is 19.1 Å². The minimum Gasteiger partial charge on any atom is -0.493 e. The first-order chi connectivity index (χ1) is 15.0. The van der Waals surface area contributed by atoms with Crippen LogP contribution in [0.2, 0.25) is 0 Å². The Morgan fingerprint density at radius 3 is 2.65 bits per heavy atom. The molecule has 0 saturated carbocycles. The number of anilines is 2. The van der Waals surface area contributed by atoms with Crippen molar-refractivity contribution in [3.05, 3.63) is 58.6 Å². The predicted molar refractivity (Wildman–Crippen MR) is 118 cm³/mol. The molecule has 3 aromatic rings. The number of hydrogen-bond acceptors (Lipinski definition) is 7. The number of hydrogen-bond donors (Lipinski definition) is 1. The van der Waals surface area contributed by atoms with E-state index in [0.29, 0.717) is 35.2 Å². The van der Waals surface area contributed by atoms with Gasteiger partial charge in [-0.05, 0) is 36.8 Å². The van der Waals surface area contributed by atoms with Gasteiger partial charge in [0.25, 0.3) is 5.91 Å². The van der Waals surface area contributed by atoms with Crippen molar-refractivity contribution in [2.24, 2.45) is 0 Å². The van der Waals surface area contributed by atoms with Crippen LogP contribution in [0.5, 0.6) is 11.5 Å². The van der Waals surface area contributed by atoms with Gasteiger partial charge in [0, 0.05) is 30.1 Å². The minimum absolute atomic E-state index is 0.0589. The lowest BCUT2D eigenvalue weighted by Gasteiger charge is -2.18. The second-order valence-electron chi connectivity index (χ2n) is 7.16. The van der Waals surface area contributed by atoms with Gasteiger partial charge < -0.3 is 14.4 Å². The molecule has 0 bridgehead atoms. The van der Waals surface area contributed by atoms with Gasteiger partial charge in [-0.2, -0.15) is 0 Å². The molecule has 2 heterocycles. The molecule has 2 amide bonds. The monoisotopic (exact) mass is 438 g/mol. The molecule has 0 aliphatic carbocycles. The maximum Gasteiger partial charge on any atom is 0.257 e. The summed E-state index contributed by atoms with van der Waals surface area (Å²) < 4.78 is 10.4. The quantitative estimate of drug-likeness (QED) is 0.632. The molecule has 1 N–H and O–H groups in total. The fourth-order valence-corrected chi connectivity index (χ4v) is 4.40. The van der Waals surface area contributed by atoms with E-state index in [0.717, 1.165) is 16.3 Å². The zero-order valence-corrected chi connectivity index (χ0v) is 18.2. The SMILES string of the molecule is COc1ccc(C(=O)Nc2nnc([C@H]3CC(=O)N(c4ccccc4C)C3)s2)cc1OC. The maximum atomic E-state index is 12.6. The number of methoxy groups -OCH3 is 2. The van der Waals surface area contributed by atoms with Crippen LogP contribution in [0.15, 0.2) is 42.5 Å². The average Bonchev–Trinajstić information content (AvgIpc) is 3.40. The van der Waals surface area contributed by atoms with E-state index in [1.165, 1.54) is 25.6 Å². The lowest BCUT2D eigenvalue weighted by molar-refractivity contribution is -0.117. The number of carbonyl (C=O) groups is 2. The molecule has 1 saturated heterocycles. The van der Waals surface area contributed by atoms with Crippen LogP contribution in [0.3, 0.4) is 0 Å². The number of benzene rings is 2. The van der Waals surface area contributed by atoms with Gasteiger partial charge in [-0.15, -0.1) is 10.2 Å². The zero-order valence-electron chi connectivity index (χ0n) is 17.4. The standard InChI is InChI=1S/C22H22N4O4S/c1-13-6-4-5-7-16(13)26-12-15(11-19(26)27)21-24-25-22(31-21)23-20(28)14-8-9-17(29-2)18(10-14)30-3/h4-10,15H,11-12H2,1-3H3,(H,23,25,28)/t15-/m0/s1. The lowest BCUT2D eigenvalue weighted by Crippen LogP contribution is -2.25. The number of para-hydroxylation sites is 1. The van der Waals surface area contributed by atoms with Crippen molar-refractivity contribution in [3.8, 4) is 11.5 Å². The second-order valence-corrected chi connectivity index (χ2v) is 8.17. The van der Waals surface area contributed by atoms with Crippen LogP contribution in [-0.2, 0) is 4.79 Å². The Hall–Kier alpha value is -3.46. The Kier molecular flexibility index (Phi) is 5.85. The Morgan fingerprint density at radius 2 is 1.90 bits per heavy atom. The molecule has 0 spiro atoms. The molecule has 1 aliphatic heterocycles. The summed E-state index contributed by atoms with van der Waals surface area (Å²) >= 11 is 1.29. The van der Waals surface area contributed by atoms with E-state index in [-0.39, 0.29) is 17.7 Å². The van der Waals surface area contributed by atoms with E-state index >= 15 is 0 Å². The van der Waals surface area contributed by atoms with Gasteiger partial charge in [-0.3, -0.25) is 14.9 Å². The van der Waals surface area contributed by atoms with E-state index in [2.05, 4.69) is 15.5 Å². The lowest BCUT2D eigenvalue weighted by atomic mass is 10.1. The van der Waals surface area contributed by atoms with Gasteiger partial charge in [0.05, 0.1) is 14.2 Å². The van der Waals surface area contributed by atoms with Crippen molar-refractivity contribution in [1.29, 1.82) is 0 Å². The van der Waals surface area contributed by atoms with Crippen LogP contribution in [0.25, 0.3) is 0 Å². The topological polar surface area (TPSA) is 93.7 Å². The highest BCUT2D eigenvalue weighted by Gasteiger charge is 2.34.